The summed E-state index contributed by atoms with van der Waals surface area (Å²) in [6.07, 6.45) is 2.14. The van der Waals surface area contributed by atoms with E-state index in [0.29, 0.717) is 23.5 Å². The Morgan fingerprint density at radius 1 is 0.556 bits per heavy atom. The molecular weight excluding hydrogens is 444 g/mol. The number of hydrogen-bond acceptors (Lipinski definition) is 4. The van der Waals surface area contributed by atoms with E-state index in [4.69, 9.17) is 9.97 Å². The lowest BCUT2D eigenvalue weighted by molar-refractivity contribution is 0.647. The third-order valence-corrected chi connectivity index (χ3v) is 6.09. The number of aromatic amines is 2. The predicted octanol–water partition coefficient (Wildman–Crippen LogP) is 6.99. The van der Waals surface area contributed by atoms with Crippen molar-refractivity contribution in [3.05, 3.63) is 83.9 Å². The minimum absolute atomic E-state index is 0.635. The van der Waals surface area contributed by atoms with Gasteiger partial charge >= 0.3 is 0 Å². The maximum absolute atomic E-state index is 4.74. The van der Waals surface area contributed by atoms with Crippen molar-refractivity contribution < 1.29 is 0 Å². The average molecular weight is 477 g/mol. The summed E-state index contributed by atoms with van der Waals surface area (Å²) in [7, 11) is 0. The number of H-pyrrole nitrogens is 2. The molecule has 2 aromatic heterocycles. The third kappa shape index (κ3) is 5.43. The summed E-state index contributed by atoms with van der Waals surface area (Å²) in [4.78, 5) is 9.48. The Hall–Kier alpha value is -4.06. The van der Waals surface area contributed by atoms with E-state index < -0.39 is 0 Å². The molecule has 0 atom stereocenters. The maximum Gasteiger partial charge on any atom is 0.181 e. The van der Waals surface area contributed by atoms with Crippen LogP contribution in [0, 0.1) is 11.8 Å². The first-order chi connectivity index (χ1) is 17.4. The van der Waals surface area contributed by atoms with Crippen molar-refractivity contribution in [2.75, 3.05) is 0 Å². The largest absolute Gasteiger partial charge is 0.259 e. The Morgan fingerprint density at radius 3 is 1.36 bits per heavy atom. The molecule has 0 radical (unpaired) electrons. The fourth-order valence-corrected chi connectivity index (χ4v) is 4.38. The van der Waals surface area contributed by atoms with Crippen LogP contribution in [0.2, 0.25) is 0 Å². The second-order valence-corrected chi connectivity index (χ2v) is 10.2. The van der Waals surface area contributed by atoms with Crippen LogP contribution in [0.3, 0.4) is 0 Å². The first-order valence-electron chi connectivity index (χ1n) is 12.6. The predicted molar refractivity (Wildman–Crippen MR) is 145 cm³/mol. The molecule has 6 nitrogen and oxygen atoms in total. The molecule has 36 heavy (non-hydrogen) atoms. The molecule has 5 rings (SSSR count). The normalized spacial score (nSPS) is 11.5. The molecule has 5 aromatic rings. The van der Waals surface area contributed by atoms with Gasteiger partial charge in [0, 0.05) is 22.3 Å². The fourth-order valence-electron chi connectivity index (χ4n) is 4.38. The molecule has 0 saturated heterocycles. The van der Waals surface area contributed by atoms with E-state index in [1.54, 1.807) is 0 Å². The monoisotopic (exact) mass is 476 g/mol. The molecule has 6 heteroatoms. The van der Waals surface area contributed by atoms with E-state index in [2.05, 4.69) is 96.6 Å². The van der Waals surface area contributed by atoms with Crippen LogP contribution in [0.5, 0.6) is 0 Å². The molecule has 2 heterocycles. The minimum Gasteiger partial charge on any atom is -0.259 e. The van der Waals surface area contributed by atoms with Crippen LogP contribution >= 0.6 is 0 Å². The van der Waals surface area contributed by atoms with Crippen LogP contribution < -0.4 is 0 Å². The quantitative estimate of drug-likeness (QED) is 0.253. The first kappa shape index (κ1) is 23.7. The van der Waals surface area contributed by atoms with Gasteiger partial charge in [-0.25, -0.2) is 9.97 Å². The molecule has 2 N–H and O–H groups in total. The molecule has 3 aromatic carbocycles. The van der Waals surface area contributed by atoms with Crippen molar-refractivity contribution in [1.29, 1.82) is 0 Å². The van der Waals surface area contributed by atoms with Crippen molar-refractivity contribution in [2.45, 2.75) is 40.5 Å². The Kier molecular flexibility index (Phi) is 6.76. The van der Waals surface area contributed by atoms with Crippen LogP contribution in [0.1, 0.15) is 38.8 Å². The zero-order chi connectivity index (χ0) is 25.1. The van der Waals surface area contributed by atoms with Crippen LogP contribution in [-0.2, 0) is 12.8 Å². The van der Waals surface area contributed by atoms with Crippen molar-refractivity contribution in [3.63, 3.8) is 0 Å². The van der Waals surface area contributed by atoms with Crippen molar-refractivity contribution >= 4 is 0 Å². The number of benzene rings is 3. The van der Waals surface area contributed by atoms with Gasteiger partial charge in [0.2, 0.25) is 0 Å². The highest BCUT2D eigenvalue weighted by Gasteiger charge is 2.12. The smallest absolute Gasteiger partial charge is 0.181 e. The van der Waals surface area contributed by atoms with Gasteiger partial charge in [-0.15, -0.1) is 0 Å². The van der Waals surface area contributed by atoms with Gasteiger partial charge in [0.15, 0.2) is 23.3 Å². The summed E-state index contributed by atoms with van der Waals surface area (Å²) in [5.74, 6) is 4.08. The van der Waals surface area contributed by atoms with Crippen molar-refractivity contribution in [2.24, 2.45) is 11.8 Å². The van der Waals surface area contributed by atoms with E-state index in [1.165, 1.54) is 11.1 Å². The average Bonchev–Trinajstić information content (AvgIpc) is 3.55. The van der Waals surface area contributed by atoms with Gasteiger partial charge in [-0.1, -0.05) is 94.4 Å². The Balaban J connectivity index is 1.34. The number of nitrogens with zero attached hydrogens (tertiary/aromatic N) is 4. The lowest BCUT2D eigenvalue weighted by Crippen LogP contribution is -1.93. The third-order valence-electron chi connectivity index (χ3n) is 6.09. The van der Waals surface area contributed by atoms with E-state index in [-0.39, 0.29) is 0 Å². The Bertz CT molecular complexity index is 1320. The van der Waals surface area contributed by atoms with Gasteiger partial charge in [0.1, 0.15) is 0 Å². The molecule has 0 amide bonds. The molecule has 0 fully saturated rings. The molecule has 182 valence electrons. The highest BCUT2D eigenvalue weighted by Crippen LogP contribution is 2.26. The van der Waals surface area contributed by atoms with Crippen LogP contribution in [0.4, 0.5) is 0 Å². The summed E-state index contributed by atoms with van der Waals surface area (Å²) < 4.78 is 0. The second-order valence-electron chi connectivity index (χ2n) is 10.2. The van der Waals surface area contributed by atoms with Gasteiger partial charge in [-0.05, 0) is 41.9 Å². The van der Waals surface area contributed by atoms with Gasteiger partial charge in [-0.3, -0.25) is 10.2 Å². The fraction of sp³-hybridized carbons (Fsp3) is 0.267. The molecule has 0 aliphatic rings. The maximum atomic E-state index is 4.74. The zero-order valence-corrected chi connectivity index (χ0v) is 21.3. The van der Waals surface area contributed by atoms with E-state index >= 15 is 0 Å². The molecule has 0 aliphatic carbocycles. The summed E-state index contributed by atoms with van der Waals surface area (Å²) >= 11 is 0. The lowest BCUT2D eigenvalue weighted by atomic mass is 10.0. The number of rotatable bonds is 8. The summed E-state index contributed by atoms with van der Waals surface area (Å²) in [5, 5.41) is 15.1. The molecule has 0 spiro atoms. The summed E-state index contributed by atoms with van der Waals surface area (Å²) in [6, 6.07) is 25.1. The lowest BCUT2D eigenvalue weighted by Gasteiger charge is -2.05. The van der Waals surface area contributed by atoms with Crippen LogP contribution in [0.15, 0.2) is 72.8 Å². The Morgan fingerprint density at radius 2 is 0.972 bits per heavy atom. The SMILES string of the molecule is CC(C)Cc1ccc(-c2nc(-c3cccc(-c4n[nH]c(-c5ccc(CC(C)C)cc5)n4)c3)n[nH]2)cc1. The van der Waals surface area contributed by atoms with Crippen LogP contribution in [-0.4, -0.2) is 30.4 Å². The van der Waals surface area contributed by atoms with E-state index in [1.807, 2.05) is 24.3 Å². The molecule has 0 bridgehead atoms. The number of aromatic nitrogens is 6. The number of nitrogens with one attached hydrogen (secondary N) is 2. The molecule has 0 unspecified atom stereocenters. The van der Waals surface area contributed by atoms with Gasteiger partial charge in [-0.2, -0.15) is 10.2 Å². The summed E-state index contributed by atoms with van der Waals surface area (Å²) in [6.45, 7) is 8.93. The molecule has 0 saturated carbocycles. The standard InChI is InChI=1S/C30H32N6/c1-19(2)16-21-8-12-23(13-9-21)27-31-29(35-33-27)25-6-5-7-26(18-25)30-32-28(34-36-30)24-14-10-22(11-15-24)17-20(3)4/h5-15,18-20H,16-17H2,1-4H3,(H,31,33,35)(H,32,34,36). The van der Waals surface area contributed by atoms with E-state index in [0.717, 1.165) is 46.7 Å². The highest BCUT2D eigenvalue weighted by molar-refractivity contribution is 5.69. The zero-order valence-electron chi connectivity index (χ0n) is 21.3. The molecular formula is C30H32N6. The van der Waals surface area contributed by atoms with Crippen molar-refractivity contribution in [1.82, 2.24) is 30.4 Å². The van der Waals surface area contributed by atoms with Gasteiger partial charge < -0.3 is 0 Å². The van der Waals surface area contributed by atoms with Gasteiger partial charge in [0.05, 0.1) is 0 Å². The minimum atomic E-state index is 0.635. The second kappa shape index (κ2) is 10.3. The first-order valence-corrected chi connectivity index (χ1v) is 12.6. The highest BCUT2D eigenvalue weighted by atomic mass is 15.2. The summed E-state index contributed by atoms with van der Waals surface area (Å²) in [5.41, 5.74) is 6.54. The topological polar surface area (TPSA) is 83.1 Å². The Labute approximate surface area is 212 Å². The van der Waals surface area contributed by atoms with Gasteiger partial charge in [0.25, 0.3) is 0 Å². The number of hydrogen-bond donors (Lipinski definition) is 2. The van der Waals surface area contributed by atoms with Crippen molar-refractivity contribution in [3.8, 4) is 45.6 Å². The van der Waals surface area contributed by atoms with E-state index in [9.17, 15) is 0 Å². The van der Waals surface area contributed by atoms with Crippen LogP contribution in [0.25, 0.3) is 45.6 Å². The molecule has 0 aliphatic heterocycles.